The molecule has 3 rings (SSSR count). The zero-order valence-corrected chi connectivity index (χ0v) is 15.3. The summed E-state index contributed by atoms with van der Waals surface area (Å²) >= 11 is 0. The number of nitro benzene ring substituents is 1. The number of non-ortho nitro benzene ring substituents is 1. The van der Waals surface area contributed by atoms with E-state index in [1.165, 1.54) is 12.1 Å². The minimum absolute atomic E-state index is 0.00942. The maximum Gasteiger partial charge on any atom is 0.337 e. The van der Waals surface area contributed by atoms with Gasteiger partial charge in [-0.2, -0.15) is 5.10 Å². The molecule has 0 saturated heterocycles. The van der Waals surface area contributed by atoms with Crippen LogP contribution in [0.4, 0.5) is 11.4 Å². The monoisotopic (exact) mass is 378 g/mol. The fraction of sp³-hybridized carbons (Fsp3) is 0.100. The lowest BCUT2D eigenvalue weighted by Gasteiger charge is -2.12. The van der Waals surface area contributed by atoms with Gasteiger partial charge in [0.05, 0.1) is 28.1 Å². The van der Waals surface area contributed by atoms with Crippen LogP contribution in [0, 0.1) is 24.0 Å². The van der Waals surface area contributed by atoms with Gasteiger partial charge in [0.25, 0.3) is 5.69 Å². The number of aryl methyl sites for hydroxylation is 1. The number of aromatic nitrogens is 1. The lowest BCUT2D eigenvalue weighted by atomic mass is 10.1. The SMILES string of the molecule is Cc1cc(/C=N/Nc2ccc([N+](=O)[O-])cc2)c(C)n1-c1ccccc1C(=O)O. The van der Waals surface area contributed by atoms with Crippen LogP contribution in [-0.2, 0) is 0 Å². The van der Waals surface area contributed by atoms with E-state index in [1.807, 2.05) is 24.5 Å². The zero-order valence-electron chi connectivity index (χ0n) is 15.3. The van der Waals surface area contributed by atoms with E-state index in [-0.39, 0.29) is 11.3 Å². The van der Waals surface area contributed by atoms with E-state index in [0.29, 0.717) is 11.4 Å². The van der Waals surface area contributed by atoms with E-state index in [1.54, 1.807) is 42.6 Å². The third kappa shape index (κ3) is 3.75. The molecule has 0 atom stereocenters. The number of rotatable bonds is 6. The molecule has 0 bridgehead atoms. The van der Waals surface area contributed by atoms with Crippen LogP contribution in [0.2, 0.25) is 0 Å². The average molecular weight is 378 g/mol. The molecule has 8 nitrogen and oxygen atoms in total. The normalized spacial score (nSPS) is 10.9. The molecule has 0 aliphatic carbocycles. The predicted molar refractivity (Wildman–Crippen MR) is 107 cm³/mol. The van der Waals surface area contributed by atoms with Crippen molar-refractivity contribution in [1.82, 2.24) is 4.57 Å². The van der Waals surface area contributed by atoms with E-state index < -0.39 is 10.9 Å². The number of nitro groups is 1. The lowest BCUT2D eigenvalue weighted by Crippen LogP contribution is -2.07. The largest absolute Gasteiger partial charge is 0.478 e. The first-order valence-electron chi connectivity index (χ1n) is 8.43. The summed E-state index contributed by atoms with van der Waals surface area (Å²) in [5.74, 6) is -0.988. The molecule has 0 spiro atoms. The van der Waals surface area contributed by atoms with Gasteiger partial charge in [-0.3, -0.25) is 15.5 Å². The first-order valence-corrected chi connectivity index (χ1v) is 8.43. The van der Waals surface area contributed by atoms with E-state index in [9.17, 15) is 20.0 Å². The molecule has 1 heterocycles. The molecule has 142 valence electrons. The number of benzene rings is 2. The number of hydrazone groups is 1. The molecule has 1 aromatic heterocycles. The molecule has 2 aromatic carbocycles. The number of anilines is 1. The summed E-state index contributed by atoms with van der Waals surface area (Å²) in [4.78, 5) is 21.7. The maximum atomic E-state index is 11.5. The van der Waals surface area contributed by atoms with Gasteiger partial charge < -0.3 is 9.67 Å². The van der Waals surface area contributed by atoms with Crippen LogP contribution in [0.25, 0.3) is 5.69 Å². The van der Waals surface area contributed by atoms with Gasteiger partial charge in [-0.25, -0.2) is 4.79 Å². The van der Waals surface area contributed by atoms with Crippen LogP contribution >= 0.6 is 0 Å². The molecular formula is C20H18N4O4. The van der Waals surface area contributed by atoms with Crippen molar-refractivity contribution in [3.8, 4) is 5.69 Å². The first kappa shape index (κ1) is 18.8. The van der Waals surface area contributed by atoms with Gasteiger partial charge in [0.1, 0.15) is 0 Å². The number of hydrogen-bond donors (Lipinski definition) is 2. The Labute approximate surface area is 160 Å². The fourth-order valence-electron chi connectivity index (χ4n) is 2.97. The number of nitrogens with one attached hydrogen (secondary N) is 1. The van der Waals surface area contributed by atoms with Gasteiger partial charge >= 0.3 is 5.97 Å². The Hall–Kier alpha value is -3.94. The van der Waals surface area contributed by atoms with Crippen molar-refractivity contribution in [2.75, 3.05) is 5.43 Å². The standard InChI is InChI=1S/C20H18N4O4/c1-13-11-15(12-21-22-16-7-9-17(10-8-16)24(27)28)14(2)23(13)19-6-4-3-5-18(19)20(25)26/h3-12,22H,1-2H3,(H,25,26)/b21-12+. The third-order valence-corrected chi connectivity index (χ3v) is 4.32. The number of para-hydroxylation sites is 1. The van der Waals surface area contributed by atoms with Crippen LogP contribution in [0.5, 0.6) is 0 Å². The van der Waals surface area contributed by atoms with Crippen LogP contribution < -0.4 is 5.43 Å². The van der Waals surface area contributed by atoms with Crippen molar-refractivity contribution < 1.29 is 14.8 Å². The number of aromatic carboxylic acids is 1. The van der Waals surface area contributed by atoms with Crippen LogP contribution in [-0.4, -0.2) is 26.8 Å². The first-order chi connectivity index (χ1) is 13.4. The van der Waals surface area contributed by atoms with Gasteiger partial charge in [-0.15, -0.1) is 0 Å². The van der Waals surface area contributed by atoms with Gasteiger partial charge in [-0.1, -0.05) is 12.1 Å². The summed E-state index contributed by atoms with van der Waals surface area (Å²) in [7, 11) is 0. The Bertz CT molecular complexity index is 1070. The second-order valence-electron chi connectivity index (χ2n) is 6.16. The second kappa shape index (κ2) is 7.75. The minimum atomic E-state index is -0.988. The Kier molecular flexibility index (Phi) is 5.21. The number of hydrogen-bond acceptors (Lipinski definition) is 5. The summed E-state index contributed by atoms with van der Waals surface area (Å²) in [5, 5.41) is 24.3. The second-order valence-corrected chi connectivity index (χ2v) is 6.16. The van der Waals surface area contributed by atoms with E-state index in [2.05, 4.69) is 10.5 Å². The summed E-state index contributed by atoms with van der Waals surface area (Å²) in [6, 6.07) is 14.7. The van der Waals surface area contributed by atoms with E-state index in [4.69, 9.17) is 0 Å². The molecule has 8 heteroatoms. The number of nitrogens with zero attached hydrogens (tertiary/aromatic N) is 3. The van der Waals surface area contributed by atoms with Crippen molar-refractivity contribution in [3.05, 3.63) is 87.2 Å². The molecule has 0 saturated carbocycles. The minimum Gasteiger partial charge on any atom is -0.478 e. The molecule has 0 fully saturated rings. The predicted octanol–water partition coefficient (Wildman–Crippen LogP) is 4.15. The molecule has 0 unspecified atom stereocenters. The highest BCUT2D eigenvalue weighted by molar-refractivity contribution is 5.92. The highest BCUT2D eigenvalue weighted by Gasteiger charge is 2.15. The highest BCUT2D eigenvalue weighted by atomic mass is 16.6. The molecule has 0 aliphatic heterocycles. The highest BCUT2D eigenvalue weighted by Crippen LogP contribution is 2.23. The third-order valence-electron chi connectivity index (χ3n) is 4.32. The van der Waals surface area contributed by atoms with Crippen LogP contribution in [0.3, 0.4) is 0 Å². The smallest absolute Gasteiger partial charge is 0.337 e. The maximum absolute atomic E-state index is 11.5. The van der Waals surface area contributed by atoms with Gasteiger partial charge in [0, 0.05) is 29.1 Å². The van der Waals surface area contributed by atoms with Gasteiger partial charge in [0.2, 0.25) is 0 Å². The Morgan fingerprint density at radius 2 is 1.86 bits per heavy atom. The zero-order chi connectivity index (χ0) is 20.3. The summed E-state index contributed by atoms with van der Waals surface area (Å²) in [6.07, 6.45) is 1.63. The van der Waals surface area contributed by atoms with E-state index >= 15 is 0 Å². The van der Waals surface area contributed by atoms with Crippen molar-refractivity contribution in [2.24, 2.45) is 5.10 Å². The lowest BCUT2D eigenvalue weighted by molar-refractivity contribution is -0.384. The molecule has 0 radical (unpaired) electrons. The van der Waals surface area contributed by atoms with Crippen LogP contribution in [0.15, 0.2) is 59.7 Å². The Morgan fingerprint density at radius 3 is 2.50 bits per heavy atom. The molecule has 2 N–H and O–H groups in total. The van der Waals surface area contributed by atoms with Crippen molar-refractivity contribution in [3.63, 3.8) is 0 Å². The van der Waals surface area contributed by atoms with Gasteiger partial charge in [0.15, 0.2) is 0 Å². The van der Waals surface area contributed by atoms with Crippen molar-refractivity contribution >= 4 is 23.6 Å². The summed E-state index contributed by atoms with van der Waals surface area (Å²) in [5.41, 5.74) is 6.82. The number of carbonyl (C=O) groups is 1. The van der Waals surface area contributed by atoms with Crippen LogP contribution in [0.1, 0.15) is 27.3 Å². The summed E-state index contributed by atoms with van der Waals surface area (Å²) < 4.78 is 1.87. The van der Waals surface area contributed by atoms with Gasteiger partial charge in [-0.05, 0) is 44.2 Å². The molecule has 0 aliphatic rings. The number of carboxylic acids is 1. The van der Waals surface area contributed by atoms with Crippen molar-refractivity contribution in [1.29, 1.82) is 0 Å². The van der Waals surface area contributed by atoms with Crippen molar-refractivity contribution in [2.45, 2.75) is 13.8 Å². The average Bonchev–Trinajstić information content (AvgIpc) is 2.95. The fourth-order valence-corrected chi connectivity index (χ4v) is 2.97. The molecule has 28 heavy (non-hydrogen) atoms. The Morgan fingerprint density at radius 1 is 1.18 bits per heavy atom. The Balaban J connectivity index is 1.85. The molecule has 3 aromatic rings. The molecular weight excluding hydrogens is 360 g/mol. The molecule has 0 amide bonds. The topological polar surface area (TPSA) is 110 Å². The number of carboxylic acid groups (broad SMARTS) is 1. The quantitative estimate of drug-likeness (QED) is 0.380. The summed E-state index contributed by atoms with van der Waals surface area (Å²) in [6.45, 7) is 3.78. The van der Waals surface area contributed by atoms with E-state index in [0.717, 1.165) is 17.0 Å².